The molecule has 0 saturated heterocycles. The molecule has 1 aliphatic rings. The smallest absolute Gasteiger partial charge is 0.258 e. The molecule has 394 valence electrons. The second-order valence-corrected chi connectivity index (χ2v) is 24.2. The number of pyridine rings is 2. The summed E-state index contributed by atoms with van der Waals surface area (Å²) in [6, 6.07) is 26.4. The molecule has 75 heavy (non-hydrogen) atoms. The van der Waals surface area contributed by atoms with Gasteiger partial charge in [0.05, 0.1) is 68.6 Å². The van der Waals surface area contributed by atoms with Crippen molar-refractivity contribution < 1.29 is 53.4 Å². The lowest BCUT2D eigenvalue weighted by Crippen LogP contribution is -2.38. The van der Waals surface area contributed by atoms with Gasteiger partial charge in [-0.2, -0.15) is 17.2 Å². The molecule has 0 spiro atoms. The van der Waals surface area contributed by atoms with Gasteiger partial charge in [-0.1, -0.05) is 60.7 Å². The van der Waals surface area contributed by atoms with Crippen molar-refractivity contribution in [1.82, 2.24) is 27.2 Å². The van der Waals surface area contributed by atoms with Crippen molar-refractivity contribution in [1.29, 1.82) is 0 Å². The summed E-state index contributed by atoms with van der Waals surface area (Å²) in [5.41, 5.74) is -3.21. The van der Waals surface area contributed by atoms with Crippen LogP contribution in [0.5, 0.6) is 0 Å². The Morgan fingerprint density at radius 2 is 0.560 bits per heavy atom. The molecule has 1 aliphatic heterocycles. The van der Waals surface area contributed by atoms with Crippen molar-refractivity contribution in [2.45, 2.75) is 65.0 Å². The van der Waals surface area contributed by atoms with Crippen molar-refractivity contribution in [3.05, 3.63) is 197 Å². The van der Waals surface area contributed by atoms with E-state index in [2.05, 4.69) is 9.97 Å². The minimum Gasteiger partial charge on any atom is -0.258 e. The third kappa shape index (κ3) is 12.3. The highest BCUT2D eigenvalue weighted by atomic mass is 32.2. The first kappa shape index (κ1) is 55.2. The summed E-state index contributed by atoms with van der Waals surface area (Å²) < 4.78 is 120. The summed E-state index contributed by atoms with van der Waals surface area (Å²) in [7, 11) is -19.4. The molecule has 3 heterocycles. The van der Waals surface area contributed by atoms with E-state index in [0.717, 1.165) is 65.8 Å². The zero-order valence-corrected chi connectivity index (χ0v) is 42.4. The SMILES string of the molecule is O=[N+]([O-])c1ccccc1S(=O)(=O)N1CCCCN(S(=O)(=O)c2ccccc2[N+](=O)[O-])Cc2cccc(n2)CN(S(=O)(=O)c2ccccc2[N+](=O)[O-])Cc2cccc(n2)CN(S(=O)(=O)c2ccccc2[N+](=O)[O-])CCC1. The minimum absolute atomic E-state index is 0.00394. The van der Waals surface area contributed by atoms with Gasteiger partial charge in [0.25, 0.3) is 32.8 Å². The first-order chi connectivity index (χ1) is 35.5. The van der Waals surface area contributed by atoms with Crippen LogP contribution in [0, 0.1) is 40.5 Å². The van der Waals surface area contributed by atoms with Crippen LogP contribution in [0.2, 0.25) is 0 Å². The normalized spacial score (nSPS) is 15.8. The number of benzene rings is 4. The fourth-order valence-corrected chi connectivity index (χ4v) is 14.6. The maximum Gasteiger partial charge on any atom is 0.289 e. The van der Waals surface area contributed by atoms with E-state index in [1.165, 1.54) is 84.9 Å². The number of hydrogen-bond acceptors (Lipinski definition) is 18. The zero-order valence-electron chi connectivity index (χ0n) is 39.1. The summed E-state index contributed by atoms with van der Waals surface area (Å²) >= 11 is 0. The number of rotatable bonds is 12. The predicted octanol–water partition coefficient (Wildman–Crippen LogP) is 5.76. The highest BCUT2D eigenvalue weighted by Crippen LogP contribution is 2.33. The number of nitrogens with zero attached hydrogens (tertiary/aromatic N) is 10. The van der Waals surface area contributed by atoms with E-state index in [1.54, 1.807) is 0 Å². The molecule has 0 fully saturated rings. The molecule has 0 amide bonds. The molecule has 0 radical (unpaired) electrons. The first-order valence-corrected chi connectivity index (χ1v) is 28.1. The number of nitro benzene ring substituents is 4. The standard InChI is InChI=1S/C45H44N10O16S4/c56-52(57)38-18-1-5-22-42(38)72(64,65)48-26-9-10-27-49(73(66,67)43-23-6-2-19-39(43)53(58)59)30-34-14-11-16-36(46-34)32-51(75(70,71)45-25-8-4-21-41(45)55(62)63)33-37-17-12-15-35(47-37)31-50(29-13-28-48)74(68,69)44-24-7-3-20-40(44)54(60)61/h1-8,11-12,14-25H,9-10,13,26-33H2. The molecule has 30 heteroatoms. The molecule has 0 atom stereocenters. The molecule has 4 aromatic carbocycles. The topological polar surface area (TPSA) is 348 Å². The maximum absolute atomic E-state index is 14.6. The molecular formula is C45H44N10O16S4. The Kier molecular flexibility index (Phi) is 16.8. The summed E-state index contributed by atoms with van der Waals surface area (Å²) in [5.74, 6) is 0. The van der Waals surface area contributed by atoms with Gasteiger partial charge < -0.3 is 0 Å². The predicted molar refractivity (Wildman–Crippen MR) is 265 cm³/mol. The molecule has 2 aromatic heterocycles. The van der Waals surface area contributed by atoms with Crippen LogP contribution < -0.4 is 0 Å². The van der Waals surface area contributed by atoms with E-state index < -0.39 is 154 Å². The van der Waals surface area contributed by atoms with Gasteiger partial charge in [-0.3, -0.25) is 50.4 Å². The van der Waals surface area contributed by atoms with Gasteiger partial charge in [0.1, 0.15) is 0 Å². The van der Waals surface area contributed by atoms with E-state index in [-0.39, 0.29) is 42.0 Å². The van der Waals surface area contributed by atoms with Crippen molar-refractivity contribution in [3.63, 3.8) is 0 Å². The maximum atomic E-state index is 14.6. The highest BCUT2D eigenvalue weighted by molar-refractivity contribution is 7.90. The van der Waals surface area contributed by atoms with Crippen LogP contribution in [0.15, 0.2) is 153 Å². The van der Waals surface area contributed by atoms with Crippen molar-refractivity contribution in [2.24, 2.45) is 0 Å². The molecule has 0 unspecified atom stereocenters. The number of fused-ring (bicyclic) bond motifs is 4. The molecular weight excluding hydrogens is 1060 g/mol. The highest BCUT2D eigenvalue weighted by Gasteiger charge is 2.37. The molecule has 0 saturated carbocycles. The lowest BCUT2D eigenvalue weighted by molar-refractivity contribution is -0.388. The second-order valence-electron chi connectivity index (χ2n) is 16.6. The monoisotopic (exact) mass is 1110 g/mol. The number of sulfonamides is 4. The molecule has 4 bridgehead atoms. The number of nitro groups is 4. The largest absolute Gasteiger partial charge is 0.289 e. The van der Waals surface area contributed by atoms with Crippen LogP contribution in [-0.4, -0.2) is 107 Å². The Balaban J connectivity index is 1.38. The van der Waals surface area contributed by atoms with Gasteiger partial charge in [-0.05, 0) is 67.8 Å². The third-order valence-corrected chi connectivity index (χ3v) is 19.3. The molecule has 0 N–H and O–H groups in total. The van der Waals surface area contributed by atoms with Crippen LogP contribution in [-0.2, 0) is 66.3 Å². The average molecular weight is 1110 g/mol. The molecule has 26 nitrogen and oxygen atoms in total. The Morgan fingerprint density at radius 1 is 0.320 bits per heavy atom. The van der Waals surface area contributed by atoms with E-state index in [4.69, 9.17) is 0 Å². The fourth-order valence-electron chi connectivity index (χ4n) is 8.14. The summed E-state index contributed by atoms with van der Waals surface area (Å²) in [5, 5.41) is 48.6. The molecule has 6 aromatic rings. The zero-order chi connectivity index (χ0) is 54.3. The quantitative estimate of drug-likeness (QED) is 0.104. The Labute approximate surface area is 429 Å². The number of para-hydroxylation sites is 4. The Hall–Kier alpha value is -7.58. The van der Waals surface area contributed by atoms with Gasteiger partial charge in [0.2, 0.25) is 30.1 Å². The van der Waals surface area contributed by atoms with Gasteiger partial charge in [0.15, 0.2) is 19.6 Å². The van der Waals surface area contributed by atoms with E-state index in [1.807, 2.05) is 0 Å². The summed E-state index contributed by atoms with van der Waals surface area (Å²) in [6.45, 7) is -4.45. The molecule has 0 aliphatic carbocycles. The van der Waals surface area contributed by atoms with E-state index in [0.29, 0.717) is 0 Å². The van der Waals surface area contributed by atoms with Gasteiger partial charge in [-0.25, -0.2) is 33.7 Å². The first-order valence-electron chi connectivity index (χ1n) is 22.4. The summed E-state index contributed by atoms with van der Waals surface area (Å²) in [4.78, 5) is 51.2. The van der Waals surface area contributed by atoms with Gasteiger partial charge in [-0.15, -0.1) is 0 Å². The minimum atomic E-state index is -4.89. The van der Waals surface area contributed by atoms with E-state index in [9.17, 15) is 74.1 Å². The van der Waals surface area contributed by atoms with Crippen LogP contribution in [0.25, 0.3) is 0 Å². The fraction of sp³-hybridized carbons (Fsp3) is 0.244. The van der Waals surface area contributed by atoms with Crippen molar-refractivity contribution >= 4 is 62.8 Å². The molecule has 7 rings (SSSR count). The second kappa shape index (κ2) is 22.9. The van der Waals surface area contributed by atoms with Crippen LogP contribution >= 0.6 is 0 Å². The van der Waals surface area contributed by atoms with Gasteiger partial charge >= 0.3 is 0 Å². The lowest BCUT2D eigenvalue weighted by Gasteiger charge is -2.26. The van der Waals surface area contributed by atoms with Crippen molar-refractivity contribution in [3.8, 4) is 0 Å². The third-order valence-electron chi connectivity index (χ3n) is 11.7. The van der Waals surface area contributed by atoms with Crippen molar-refractivity contribution in [2.75, 3.05) is 26.2 Å². The average Bonchev–Trinajstić information content (AvgIpc) is 3.38. The number of hydrogen-bond donors (Lipinski definition) is 0. The lowest BCUT2D eigenvalue weighted by atomic mass is 10.2. The van der Waals surface area contributed by atoms with Crippen LogP contribution in [0.1, 0.15) is 42.0 Å². The van der Waals surface area contributed by atoms with Crippen LogP contribution in [0.3, 0.4) is 0 Å². The Morgan fingerprint density at radius 3 is 0.880 bits per heavy atom. The Bertz CT molecular complexity index is 3650. The van der Waals surface area contributed by atoms with Crippen LogP contribution in [0.4, 0.5) is 22.7 Å². The van der Waals surface area contributed by atoms with Gasteiger partial charge in [0, 0.05) is 50.4 Å². The summed E-state index contributed by atoms with van der Waals surface area (Å²) in [6.07, 6.45) is -0.686. The van der Waals surface area contributed by atoms with E-state index >= 15 is 0 Å². The number of aromatic nitrogens is 2.